The van der Waals surface area contributed by atoms with E-state index in [4.69, 9.17) is 9.47 Å². The molecule has 0 bridgehead atoms. The molecule has 1 aromatic carbocycles. The summed E-state index contributed by atoms with van der Waals surface area (Å²) in [5.41, 5.74) is -0.513. The maximum atomic E-state index is 12.8. The Bertz CT molecular complexity index is 620. The van der Waals surface area contributed by atoms with Crippen molar-refractivity contribution < 1.29 is 23.5 Å². The number of amides is 2. The molecule has 0 saturated carbocycles. The van der Waals surface area contributed by atoms with Gasteiger partial charge in [0.15, 0.2) is 0 Å². The normalized spacial score (nSPS) is 15.3. The summed E-state index contributed by atoms with van der Waals surface area (Å²) in [5.74, 6) is 0.242. The van der Waals surface area contributed by atoms with Crippen molar-refractivity contribution in [3.05, 3.63) is 30.1 Å². The molecule has 1 heterocycles. The van der Waals surface area contributed by atoms with E-state index < -0.39 is 5.60 Å². The van der Waals surface area contributed by atoms with Crippen LogP contribution in [0.25, 0.3) is 0 Å². The molecule has 1 aromatic rings. The van der Waals surface area contributed by atoms with Gasteiger partial charge in [0.2, 0.25) is 5.91 Å². The molecule has 6 nitrogen and oxygen atoms in total. The van der Waals surface area contributed by atoms with Crippen LogP contribution in [0.3, 0.4) is 0 Å². The van der Waals surface area contributed by atoms with E-state index >= 15 is 0 Å². The lowest BCUT2D eigenvalue weighted by atomic mass is 9.96. The Labute approximate surface area is 160 Å². The molecule has 0 aromatic heterocycles. The number of carbonyl (C=O) groups excluding carboxylic acids is 2. The maximum Gasteiger partial charge on any atom is 0.410 e. The minimum atomic E-state index is -0.513. The Hall–Kier alpha value is -2.31. The zero-order chi connectivity index (χ0) is 19.9. The molecule has 2 amide bonds. The molecule has 0 spiro atoms. The third-order valence-corrected chi connectivity index (χ3v) is 4.22. The van der Waals surface area contributed by atoms with Gasteiger partial charge in [-0.25, -0.2) is 9.18 Å². The molecule has 0 aliphatic carbocycles. The molecule has 7 heteroatoms. The van der Waals surface area contributed by atoms with E-state index in [1.165, 1.54) is 12.1 Å². The number of ether oxygens (including phenoxy) is 2. The second kappa shape index (κ2) is 9.58. The summed E-state index contributed by atoms with van der Waals surface area (Å²) in [7, 11) is 0. The standard InChI is InChI=1S/C20H29FN2O4/c1-20(2,3)27-19(25)23-12-9-15(10-13-23)18(24)22-11-4-14-26-17-7-5-16(21)6-8-17/h5-8,15H,4,9-14H2,1-3H3,(H,22,24). The quantitative estimate of drug-likeness (QED) is 0.769. The predicted octanol–water partition coefficient (Wildman–Crippen LogP) is 3.36. The summed E-state index contributed by atoms with van der Waals surface area (Å²) < 4.78 is 23.7. The summed E-state index contributed by atoms with van der Waals surface area (Å²) in [6.45, 7) is 7.54. The molecular weight excluding hydrogens is 351 g/mol. The highest BCUT2D eigenvalue weighted by Crippen LogP contribution is 2.20. The van der Waals surface area contributed by atoms with Crippen LogP contribution in [-0.4, -0.2) is 48.7 Å². The highest BCUT2D eigenvalue weighted by molar-refractivity contribution is 5.79. The number of nitrogens with zero attached hydrogens (tertiary/aromatic N) is 1. The molecule has 150 valence electrons. The molecule has 0 radical (unpaired) electrons. The lowest BCUT2D eigenvalue weighted by Gasteiger charge is -2.32. The molecular formula is C20H29FN2O4. The number of carbonyl (C=O) groups is 2. The van der Waals surface area contributed by atoms with Gasteiger partial charge in [-0.1, -0.05) is 0 Å². The molecule has 1 aliphatic heterocycles. The van der Waals surface area contributed by atoms with E-state index in [0.717, 1.165) is 0 Å². The number of benzene rings is 1. The SMILES string of the molecule is CC(C)(C)OC(=O)N1CCC(C(=O)NCCCOc2ccc(F)cc2)CC1. The molecule has 27 heavy (non-hydrogen) atoms. The van der Waals surface area contributed by atoms with E-state index in [-0.39, 0.29) is 23.7 Å². The van der Waals surface area contributed by atoms with Crippen molar-refractivity contribution in [2.45, 2.75) is 45.6 Å². The third kappa shape index (κ3) is 7.45. The van der Waals surface area contributed by atoms with Crippen molar-refractivity contribution in [1.82, 2.24) is 10.2 Å². The number of likely N-dealkylation sites (tertiary alicyclic amines) is 1. The van der Waals surface area contributed by atoms with Gasteiger partial charge < -0.3 is 19.7 Å². The molecule has 1 fully saturated rings. The topological polar surface area (TPSA) is 67.9 Å². The number of nitrogens with one attached hydrogen (secondary N) is 1. The maximum absolute atomic E-state index is 12.8. The second-order valence-corrected chi connectivity index (χ2v) is 7.69. The summed E-state index contributed by atoms with van der Waals surface area (Å²) in [4.78, 5) is 25.9. The smallest absolute Gasteiger partial charge is 0.410 e. The van der Waals surface area contributed by atoms with Crippen LogP contribution < -0.4 is 10.1 Å². The van der Waals surface area contributed by atoms with Gasteiger partial charge in [0, 0.05) is 25.6 Å². The van der Waals surface area contributed by atoms with Crippen LogP contribution in [0.2, 0.25) is 0 Å². The minimum Gasteiger partial charge on any atom is -0.494 e. The van der Waals surface area contributed by atoms with Gasteiger partial charge in [-0.2, -0.15) is 0 Å². The number of hydrogen-bond acceptors (Lipinski definition) is 4. The molecule has 0 unspecified atom stereocenters. The Morgan fingerprint density at radius 3 is 2.41 bits per heavy atom. The fourth-order valence-corrected chi connectivity index (χ4v) is 2.80. The van der Waals surface area contributed by atoms with Crippen LogP contribution in [0.15, 0.2) is 24.3 Å². The Balaban J connectivity index is 1.60. The highest BCUT2D eigenvalue weighted by atomic mass is 19.1. The van der Waals surface area contributed by atoms with Crippen LogP contribution in [-0.2, 0) is 9.53 Å². The molecule has 1 saturated heterocycles. The molecule has 1 N–H and O–H groups in total. The third-order valence-electron chi connectivity index (χ3n) is 4.22. The summed E-state index contributed by atoms with van der Waals surface area (Å²) in [6.07, 6.45) is 1.62. The van der Waals surface area contributed by atoms with Gasteiger partial charge in [0.1, 0.15) is 17.2 Å². The lowest BCUT2D eigenvalue weighted by molar-refractivity contribution is -0.126. The first-order valence-corrected chi connectivity index (χ1v) is 9.38. The second-order valence-electron chi connectivity index (χ2n) is 7.69. The largest absolute Gasteiger partial charge is 0.494 e. The zero-order valence-corrected chi connectivity index (χ0v) is 16.3. The number of halogens is 1. The van der Waals surface area contributed by atoms with E-state index in [9.17, 15) is 14.0 Å². The van der Waals surface area contributed by atoms with Crippen LogP contribution in [0, 0.1) is 11.7 Å². The van der Waals surface area contributed by atoms with Gasteiger partial charge in [-0.3, -0.25) is 4.79 Å². The fourth-order valence-electron chi connectivity index (χ4n) is 2.80. The van der Waals surface area contributed by atoms with Crippen LogP contribution >= 0.6 is 0 Å². The summed E-state index contributed by atoms with van der Waals surface area (Å²) in [6, 6.07) is 5.85. The van der Waals surface area contributed by atoms with Crippen LogP contribution in [0.4, 0.5) is 9.18 Å². The van der Waals surface area contributed by atoms with E-state index in [2.05, 4.69) is 5.32 Å². The average molecular weight is 380 g/mol. The van der Waals surface area contributed by atoms with Crippen LogP contribution in [0.5, 0.6) is 5.75 Å². The average Bonchev–Trinajstić information content (AvgIpc) is 2.61. The van der Waals surface area contributed by atoms with Crippen molar-refractivity contribution in [3.63, 3.8) is 0 Å². The van der Waals surface area contributed by atoms with Crippen molar-refractivity contribution in [3.8, 4) is 5.75 Å². The fraction of sp³-hybridized carbons (Fsp3) is 0.600. The lowest BCUT2D eigenvalue weighted by Crippen LogP contribution is -2.45. The number of hydrogen-bond donors (Lipinski definition) is 1. The van der Waals surface area contributed by atoms with Gasteiger partial charge in [-0.05, 0) is 64.3 Å². The highest BCUT2D eigenvalue weighted by Gasteiger charge is 2.29. The first-order chi connectivity index (χ1) is 12.7. The summed E-state index contributed by atoms with van der Waals surface area (Å²) in [5, 5.41) is 2.92. The first kappa shape index (κ1) is 21.0. The number of piperidine rings is 1. The van der Waals surface area contributed by atoms with Crippen LogP contribution in [0.1, 0.15) is 40.0 Å². The van der Waals surface area contributed by atoms with E-state index in [1.54, 1.807) is 17.0 Å². The monoisotopic (exact) mass is 380 g/mol. The van der Waals surface area contributed by atoms with Gasteiger partial charge in [0.05, 0.1) is 6.61 Å². The Morgan fingerprint density at radius 2 is 1.81 bits per heavy atom. The van der Waals surface area contributed by atoms with Crippen molar-refractivity contribution in [1.29, 1.82) is 0 Å². The van der Waals surface area contributed by atoms with E-state index in [0.29, 0.717) is 51.3 Å². The summed E-state index contributed by atoms with van der Waals surface area (Å²) >= 11 is 0. The van der Waals surface area contributed by atoms with E-state index in [1.807, 2.05) is 20.8 Å². The van der Waals surface area contributed by atoms with Crippen molar-refractivity contribution in [2.75, 3.05) is 26.2 Å². The minimum absolute atomic E-state index is 0.0145. The predicted molar refractivity (Wildman–Crippen MR) is 100 cm³/mol. The first-order valence-electron chi connectivity index (χ1n) is 9.38. The van der Waals surface area contributed by atoms with Gasteiger partial charge in [-0.15, -0.1) is 0 Å². The Kier molecular flexibility index (Phi) is 7.45. The van der Waals surface area contributed by atoms with Gasteiger partial charge in [0.25, 0.3) is 0 Å². The van der Waals surface area contributed by atoms with Gasteiger partial charge >= 0.3 is 6.09 Å². The van der Waals surface area contributed by atoms with Crippen molar-refractivity contribution in [2.24, 2.45) is 5.92 Å². The Morgan fingerprint density at radius 1 is 1.19 bits per heavy atom. The van der Waals surface area contributed by atoms with Crippen molar-refractivity contribution >= 4 is 12.0 Å². The molecule has 1 aliphatic rings. The molecule has 0 atom stereocenters. The molecule has 2 rings (SSSR count). The number of rotatable bonds is 6. The zero-order valence-electron chi connectivity index (χ0n) is 16.3.